The number of rotatable bonds is 10. The summed E-state index contributed by atoms with van der Waals surface area (Å²) in [7, 11) is -4.04. The van der Waals surface area contributed by atoms with Gasteiger partial charge in [0.2, 0.25) is 0 Å². The summed E-state index contributed by atoms with van der Waals surface area (Å²) >= 11 is 0. The van der Waals surface area contributed by atoms with Crippen molar-refractivity contribution in [2.45, 2.75) is 76.3 Å². The highest BCUT2D eigenvalue weighted by Crippen LogP contribution is 2.47. The number of sulfonamides is 1. The quantitative estimate of drug-likeness (QED) is 0.249. The van der Waals surface area contributed by atoms with E-state index in [1.54, 1.807) is 18.2 Å². The van der Waals surface area contributed by atoms with E-state index in [9.17, 15) is 18.3 Å². The first-order valence-electron chi connectivity index (χ1n) is 14.1. The maximum Gasteiger partial charge on any atom is 0.338 e. The molecule has 3 aromatic rings. The van der Waals surface area contributed by atoms with Gasteiger partial charge in [-0.15, -0.1) is 0 Å². The summed E-state index contributed by atoms with van der Waals surface area (Å²) in [6.45, 7) is 7.93. The van der Waals surface area contributed by atoms with Gasteiger partial charge in [0.25, 0.3) is 10.0 Å². The number of esters is 1. The third kappa shape index (κ3) is 7.00. The maximum absolute atomic E-state index is 13.7. The van der Waals surface area contributed by atoms with Crippen LogP contribution in [0.25, 0.3) is 0 Å². The molecule has 220 valence electrons. The molecule has 1 unspecified atom stereocenters. The van der Waals surface area contributed by atoms with E-state index in [-0.39, 0.29) is 34.0 Å². The molecule has 8 nitrogen and oxygen atoms in total. The zero-order valence-electron chi connectivity index (χ0n) is 24.4. The molecule has 0 spiro atoms. The Bertz CT molecular complexity index is 1600. The number of aromatic nitrogens is 1. The van der Waals surface area contributed by atoms with Crippen molar-refractivity contribution in [2.24, 2.45) is 5.41 Å². The van der Waals surface area contributed by atoms with Crippen molar-refractivity contribution in [2.75, 3.05) is 4.72 Å². The van der Waals surface area contributed by atoms with Crippen molar-refractivity contribution in [3.8, 4) is 6.07 Å². The first-order valence-corrected chi connectivity index (χ1v) is 15.5. The van der Waals surface area contributed by atoms with Crippen molar-refractivity contribution < 1.29 is 23.1 Å². The van der Waals surface area contributed by atoms with E-state index in [0.29, 0.717) is 18.4 Å². The minimum Gasteiger partial charge on any atom is -0.512 e. The van der Waals surface area contributed by atoms with Gasteiger partial charge >= 0.3 is 5.97 Å². The summed E-state index contributed by atoms with van der Waals surface area (Å²) in [6.07, 6.45) is 4.15. The molecular formula is C33H37N3O5S. The monoisotopic (exact) mass is 587 g/mol. The zero-order chi connectivity index (χ0) is 30.5. The van der Waals surface area contributed by atoms with Crippen LogP contribution in [-0.4, -0.2) is 30.1 Å². The largest absolute Gasteiger partial charge is 0.512 e. The number of carbonyl (C=O) groups is 1. The van der Waals surface area contributed by atoms with Crippen molar-refractivity contribution in [1.29, 1.82) is 5.26 Å². The Hall–Kier alpha value is -4.16. The minimum atomic E-state index is -4.04. The van der Waals surface area contributed by atoms with E-state index in [0.717, 1.165) is 18.4 Å². The number of aliphatic hydroxyl groups excluding tert-OH is 1. The summed E-state index contributed by atoms with van der Waals surface area (Å²) < 4.78 is 34.7. The van der Waals surface area contributed by atoms with E-state index in [4.69, 9.17) is 10.00 Å². The number of aliphatic hydroxyl groups is 1. The van der Waals surface area contributed by atoms with Crippen LogP contribution < -0.4 is 4.72 Å². The molecule has 1 aromatic heterocycles. The van der Waals surface area contributed by atoms with Crippen molar-refractivity contribution >= 4 is 21.7 Å². The summed E-state index contributed by atoms with van der Waals surface area (Å²) in [5.41, 5.74) is 1.19. The van der Waals surface area contributed by atoms with Gasteiger partial charge in [-0.25, -0.2) is 9.78 Å². The third-order valence-corrected chi connectivity index (χ3v) is 8.81. The predicted octanol–water partition coefficient (Wildman–Crippen LogP) is 6.81. The molecule has 9 heteroatoms. The third-order valence-electron chi connectivity index (χ3n) is 7.52. The molecule has 1 aliphatic heterocycles. The van der Waals surface area contributed by atoms with E-state index >= 15 is 0 Å². The fraction of sp³-hybridized carbons (Fsp3) is 0.364. The van der Waals surface area contributed by atoms with Gasteiger partial charge in [0.1, 0.15) is 17.4 Å². The number of nitrogens with one attached hydrogen (secondary N) is 1. The molecule has 0 fully saturated rings. The lowest BCUT2D eigenvalue weighted by atomic mass is 9.70. The molecule has 0 saturated carbocycles. The van der Waals surface area contributed by atoms with Gasteiger partial charge in [-0.05, 0) is 60.1 Å². The first kappa shape index (κ1) is 30.8. The number of carbonyl (C=O) groups excluding carboxylic acids is 1. The number of pyridine rings is 1. The first-order chi connectivity index (χ1) is 19.9. The lowest BCUT2D eigenvalue weighted by Gasteiger charge is -2.41. The summed E-state index contributed by atoms with van der Waals surface area (Å²) in [6, 6.07) is 21.3. The van der Waals surface area contributed by atoms with Gasteiger partial charge < -0.3 is 9.84 Å². The van der Waals surface area contributed by atoms with Crippen LogP contribution in [0.4, 0.5) is 5.69 Å². The molecule has 2 aromatic carbocycles. The zero-order valence-corrected chi connectivity index (χ0v) is 25.2. The highest BCUT2D eigenvalue weighted by Gasteiger charge is 2.46. The Morgan fingerprint density at radius 1 is 1.10 bits per heavy atom. The number of hydrogen-bond donors (Lipinski definition) is 2. The standard InChI is InChI=1S/C33H37N3O5S/c1-5-17-33(18-16-23-10-7-6-8-11-23)20-27(37)29(31(38)41-33)30(32(2,3)4)25-12-9-13-26(19-25)36-42(39,40)28-15-14-24(21-34)22-35-28/h6-15,19,22,30,36-37H,5,16-18,20H2,1-4H3/t30?,33-/m1/s1. The normalized spacial score (nSPS) is 18.2. The van der Waals surface area contributed by atoms with Crippen molar-refractivity contribution in [1.82, 2.24) is 4.98 Å². The number of hydrogen-bond acceptors (Lipinski definition) is 7. The number of nitrogens with zero attached hydrogens (tertiary/aromatic N) is 2. The molecule has 2 atom stereocenters. The molecule has 4 rings (SSSR count). The molecule has 1 aliphatic rings. The lowest BCUT2D eigenvalue weighted by molar-refractivity contribution is -0.161. The highest BCUT2D eigenvalue weighted by molar-refractivity contribution is 7.92. The molecule has 2 heterocycles. The SMILES string of the molecule is CCC[C@@]1(CCc2ccccc2)CC(O)=C(C(c2cccc(NS(=O)(=O)c3ccc(C#N)cn3)c2)C(C)(C)C)C(=O)O1. The van der Waals surface area contributed by atoms with Gasteiger partial charge in [0, 0.05) is 24.2 Å². The Morgan fingerprint density at radius 2 is 1.83 bits per heavy atom. The summed E-state index contributed by atoms with van der Waals surface area (Å²) in [5, 5.41) is 20.2. The Labute approximate surface area is 248 Å². The Morgan fingerprint density at radius 3 is 2.43 bits per heavy atom. The topological polar surface area (TPSA) is 129 Å². The number of anilines is 1. The molecule has 0 saturated heterocycles. The van der Waals surface area contributed by atoms with E-state index in [2.05, 4.69) is 9.71 Å². The van der Waals surface area contributed by atoms with Gasteiger partial charge in [-0.3, -0.25) is 4.72 Å². The lowest BCUT2D eigenvalue weighted by Crippen LogP contribution is -2.43. The molecule has 2 N–H and O–H groups in total. The molecule has 0 amide bonds. The van der Waals surface area contributed by atoms with Gasteiger partial charge in [0.15, 0.2) is 5.03 Å². The smallest absolute Gasteiger partial charge is 0.338 e. The second-order valence-corrected chi connectivity index (χ2v) is 13.5. The average molecular weight is 588 g/mol. The van der Waals surface area contributed by atoms with Crippen LogP contribution in [0.5, 0.6) is 0 Å². The van der Waals surface area contributed by atoms with Gasteiger partial charge in [0.05, 0.1) is 11.1 Å². The maximum atomic E-state index is 13.7. The van der Waals surface area contributed by atoms with E-state index in [1.165, 1.54) is 18.3 Å². The van der Waals surface area contributed by atoms with Crippen LogP contribution in [0.1, 0.15) is 76.0 Å². The van der Waals surface area contributed by atoms with E-state index < -0.39 is 32.9 Å². The van der Waals surface area contributed by atoms with Gasteiger partial charge in [-0.2, -0.15) is 13.7 Å². The van der Waals surface area contributed by atoms with Crippen LogP contribution in [0.3, 0.4) is 0 Å². The van der Waals surface area contributed by atoms with E-state index in [1.807, 2.05) is 70.2 Å². The van der Waals surface area contributed by atoms with Crippen LogP contribution in [0.2, 0.25) is 0 Å². The molecule has 42 heavy (non-hydrogen) atoms. The molecular weight excluding hydrogens is 550 g/mol. The Kier molecular flexibility index (Phi) is 9.07. The summed E-state index contributed by atoms with van der Waals surface area (Å²) in [5.74, 6) is -1.11. The molecule has 0 bridgehead atoms. The Balaban J connectivity index is 1.66. The number of cyclic esters (lactones) is 1. The molecule has 0 aliphatic carbocycles. The fourth-order valence-corrected chi connectivity index (χ4v) is 6.64. The van der Waals surface area contributed by atoms with Crippen LogP contribution >= 0.6 is 0 Å². The second-order valence-electron chi connectivity index (χ2n) is 11.9. The van der Waals surface area contributed by atoms with Crippen LogP contribution in [0.15, 0.2) is 89.3 Å². The van der Waals surface area contributed by atoms with Crippen LogP contribution in [-0.2, 0) is 26.0 Å². The fourth-order valence-electron chi connectivity index (χ4n) is 5.66. The number of nitriles is 1. The average Bonchev–Trinajstić information content (AvgIpc) is 2.94. The van der Waals surface area contributed by atoms with Crippen molar-refractivity contribution in [3.05, 3.63) is 101 Å². The van der Waals surface area contributed by atoms with Crippen LogP contribution in [0, 0.1) is 16.7 Å². The highest BCUT2D eigenvalue weighted by atomic mass is 32.2. The number of aryl methyl sites for hydroxylation is 1. The number of ether oxygens (including phenoxy) is 1. The number of benzene rings is 2. The summed E-state index contributed by atoms with van der Waals surface area (Å²) in [4.78, 5) is 17.6. The minimum absolute atomic E-state index is 0.0143. The second kappa shape index (κ2) is 12.4. The van der Waals surface area contributed by atoms with Crippen molar-refractivity contribution in [3.63, 3.8) is 0 Å². The predicted molar refractivity (Wildman–Crippen MR) is 161 cm³/mol. The van der Waals surface area contributed by atoms with Gasteiger partial charge in [-0.1, -0.05) is 76.6 Å². The molecule has 0 radical (unpaired) electrons.